The second-order valence-electron chi connectivity index (χ2n) is 5.83. The van der Waals surface area contributed by atoms with Gasteiger partial charge in [0.05, 0.1) is 10.6 Å². The number of aryl methyl sites for hydroxylation is 1. The molecule has 130 valence electrons. The lowest BCUT2D eigenvalue weighted by atomic mass is 10.1. The van der Waals surface area contributed by atoms with Crippen LogP contribution in [0.5, 0.6) is 0 Å². The second kappa shape index (κ2) is 7.85. The highest BCUT2D eigenvalue weighted by molar-refractivity contribution is 6.34. The topological polar surface area (TPSA) is 58.2 Å². The van der Waals surface area contributed by atoms with Crippen molar-refractivity contribution in [3.63, 3.8) is 0 Å². The fourth-order valence-electron chi connectivity index (χ4n) is 2.43. The SMILES string of the molecule is Cc1ccc(C(=O)Nc2ccc(NC(=O)c3ccccc3)cc2)c(Cl)c1. The summed E-state index contributed by atoms with van der Waals surface area (Å²) in [7, 11) is 0. The summed E-state index contributed by atoms with van der Waals surface area (Å²) >= 11 is 6.12. The van der Waals surface area contributed by atoms with Gasteiger partial charge in [0.2, 0.25) is 0 Å². The van der Waals surface area contributed by atoms with Crippen molar-refractivity contribution in [1.29, 1.82) is 0 Å². The molecular weight excluding hydrogens is 348 g/mol. The van der Waals surface area contributed by atoms with Gasteiger partial charge in [-0.25, -0.2) is 0 Å². The molecule has 0 aliphatic carbocycles. The maximum atomic E-state index is 12.3. The minimum absolute atomic E-state index is 0.186. The molecule has 0 radical (unpaired) electrons. The van der Waals surface area contributed by atoms with Gasteiger partial charge in [-0.15, -0.1) is 0 Å². The number of amides is 2. The van der Waals surface area contributed by atoms with Crippen molar-refractivity contribution in [3.05, 3.63) is 94.5 Å². The van der Waals surface area contributed by atoms with E-state index in [1.165, 1.54) is 0 Å². The molecule has 3 rings (SSSR count). The van der Waals surface area contributed by atoms with E-state index in [9.17, 15) is 9.59 Å². The van der Waals surface area contributed by atoms with Gasteiger partial charge in [-0.3, -0.25) is 9.59 Å². The molecule has 4 nitrogen and oxygen atoms in total. The Labute approximate surface area is 156 Å². The maximum absolute atomic E-state index is 12.3. The van der Waals surface area contributed by atoms with E-state index in [1.807, 2.05) is 31.2 Å². The van der Waals surface area contributed by atoms with Gasteiger partial charge in [0.1, 0.15) is 0 Å². The number of hydrogen-bond acceptors (Lipinski definition) is 2. The van der Waals surface area contributed by atoms with Crippen LogP contribution < -0.4 is 10.6 Å². The van der Waals surface area contributed by atoms with Gasteiger partial charge in [0.25, 0.3) is 11.8 Å². The predicted octanol–water partition coefficient (Wildman–Crippen LogP) is 5.15. The van der Waals surface area contributed by atoms with Crippen LogP contribution in [0.25, 0.3) is 0 Å². The highest BCUT2D eigenvalue weighted by Gasteiger charge is 2.11. The summed E-state index contributed by atoms with van der Waals surface area (Å²) in [6.07, 6.45) is 0. The minimum atomic E-state index is -0.281. The predicted molar refractivity (Wildman–Crippen MR) is 105 cm³/mol. The van der Waals surface area contributed by atoms with E-state index < -0.39 is 0 Å². The third-order valence-corrected chi connectivity index (χ3v) is 4.12. The van der Waals surface area contributed by atoms with E-state index in [0.717, 1.165) is 5.56 Å². The first kappa shape index (κ1) is 17.7. The molecule has 0 aliphatic rings. The molecule has 0 saturated heterocycles. The number of benzene rings is 3. The smallest absolute Gasteiger partial charge is 0.257 e. The van der Waals surface area contributed by atoms with E-state index in [1.54, 1.807) is 48.5 Å². The lowest BCUT2D eigenvalue weighted by Crippen LogP contribution is -2.13. The number of nitrogens with one attached hydrogen (secondary N) is 2. The van der Waals surface area contributed by atoms with Crippen LogP contribution in [0.2, 0.25) is 5.02 Å². The Kier molecular flexibility index (Phi) is 5.34. The average Bonchev–Trinajstić information content (AvgIpc) is 2.64. The Morgan fingerprint density at radius 2 is 1.35 bits per heavy atom. The first-order valence-electron chi connectivity index (χ1n) is 8.07. The van der Waals surface area contributed by atoms with Crippen molar-refractivity contribution >= 4 is 34.8 Å². The first-order chi connectivity index (χ1) is 12.5. The molecular formula is C21H17ClN2O2. The number of anilines is 2. The molecule has 0 saturated carbocycles. The van der Waals surface area contributed by atoms with E-state index in [-0.39, 0.29) is 11.8 Å². The third-order valence-electron chi connectivity index (χ3n) is 3.81. The van der Waals surface area contributed by atoms with Crippen LogP contribution in [-0.4, -0.2) is 11.8 Å². The number of hydrogen-bond donors (Lipinski definition) is 2. The van der Waals surface area contributed by atoms with E-state index in [4.69, 9.17) is 11.6 Å². The summed E-state index contributed by atoms with van der Waals surface area (Å²) in [5, 5.41) is 6.02. The van der Waals surface area contributed by atoms with Crippen LogP contribution >= 0.6 is 11.6 Å². The Morgan fingerprint density at radius 3 is 1.92 bits per heavy atom. The average molecular weight is 365 g/mol. The normalized spacial score (nSPS) is 10.2. The van der Waals surface area contributed by atoms with Gasteiger partial charge >= 0.3 is 0 Å². The molecule has 0 unspecified atom stereocenters. The van der Waals surface area contributed by atoms with Crippen LogP contribution in [0.15, 0.2) is 72.8 Å². The molecule has 26 heavy (non-hydrogen) atoms. The van der Waals surface area contributed by atoms with Crippen molar-refractivity contribution in [2.24, 2.45) is 0 Å². The lowest BCUT2D eigenvalue weighted by molar-refractivity contribution is 0.101. The van der Waals surface area contributed by atoms with Crippen LogP contribution in [-0.2, 0) is 0 Å². The Balaban J connectivity index is 1.66. The Hall–Kier alpha value is -3.11. The number of halogens is 1. The van der Waals surface area contributed by atoms with Crippen LogP contribution in [0.4, 0.5) is 11.4 Å². The molecule has 0 heterocycles. The van der Waals surface area contributed by atoms with Crippen molar-refractivity contribution in [3.8, 4) is 0 Å². The molecule has 5 heteroatoms. The zero-order valence-corrected chi connectivity index (χ0v) is 14.9. The molecule has 2 amide bonds. The third kappa shape index (κ3) is 4.29. The van der Waals surface area contributed by atoms with Gasteiger partial charge in [0, 0.05) is 16.9 Å². The van der Waals surface area contributed by atoms with E-state index in [0.29, 0.717) is 27.5 Å². The molecule has 0 spiro atoms. The number of carbonyl (C=O) groups excluding carboxylic acids is 2. The van der Waals surface area contributed by atoms with Crippen molar-refractivity contribution in [1.82, 2.24) is 0 Å². The van der Waals surface area contributed by atoms with E-state index in [2.05, 4.69) is 10.6 Å². The molecule has 0 fully saturated rings. The monoisotopic (exact) mass is 364 g/mol. The lowest BCUT2D eigenvalue weighted by Gasteiger charge is -2.09. The fraction of sp³-hybridized carbons (Fsp3) is 0.0476. The van der Waals surface area contributed by atoms with Crippen LogP contribution in [0.1, 0.15) is 26.3 Å². The van der Waals surface area contributed by atoms with Gasteiger partial charge < -0.3 is 10.6 Å². The summed E-state index contributed by atoms with van der Waals surface area (Å²) in [4.78, 5) is 24.5. The molecule has 3 aromatic carbocycles. The summed E-state index contributed by atoms with van der Waals surface area (Å²) in [6.45, 7) is 1.91. The zero-order valence-electron chi connectivity index (χ0n) is 14.1. The quantitative estimate of drug-likeness (QED) is 0.672. The summed E-state index contributed by atoms with van der Waals surface area (Å²) in [5.74, 6) is -0.468. The minimum Gasteiger partial charge on any atom is -0.322 e. The largest absolute Gasteiger partial charge is 0.322 e. The highest BCUT2D eigenvalue weighted by atomic mass is 35.5. The molecule has 0 atom stereocenters. The molecule has 3 aromatic rings. The summed E-state index contributed by atoms with van der Waals surface area (Å²) in [5.41, 5.74) is 3.25. The van der Waals surface area contributed by atoms with Crippen molar-refractivity contribution in [2.45, 2.75) is 6.92 Å². The van der Waals surface area contributed by atoms with Crippen molar-refractivity contribution in [2.75, 3.05) is 10.6 Å². The molecule has 0 bridgehead atoms. The van der Waals surface area contributed by atoms with Crippen LogP contribution in [0, 0.1) is 6.92 Å². The van der Waals surface area contributed by atoms with E-state index >= 15 is 0 Å². The Morgan fingerprint density at radius 1 is 0.769 bits per heavy atom. The van der Waals surface area contributed by atoms with Crippen LogP contribution in [0.3, 0.4) is 0 Å². The molecule has 2 N–H and O–H groups in total. The highest BCUT2D eigenvalue weighted by Crippen LogP contribution is 2.20. The van der Waals surface area contributed by atoms with Gasteiger partial charge in [-0.1, -0.05) is 35.9 Å². The Bertz CT molecular complexity index is 938. The fourth-order valence-corrected chi connectivity index (χ4v) is 2.75. The van der Waals surface area contributed by atoms with Gasteiger partial charge in [-0.05, 0) is 61.0 Å². The first-order valence-corrected chi connectivity index (χ1v) is 8.45. The summed E-state index contributed by atoms with van der Waals surface area (Å²) < 4.78 is 0. The molecule has 0 aromatic heterocycles. The van der Waals surface area contributed by atoms with Gasteiger partial charge in [0.15, 0.2) is 0 Å². The molecule has 0 aliphatic heterocycles. The number of rotatable bonds is 4. The number of carbonyl (C=O) groups is 2. The standard InChI is InChI=1S/C21H17ClN2O2/c1-14-7-12-18(19(22)13-14)21(26)24-17-10-8-16(9-11-17)23-20(25)15-5-3-2-4-6-15/h2-13H,1H3,(H,23,25)(H,24,26). The van der Waals surface area contributed by atoms with Gasteiger partial charge in [-0.2, -0.15) is 0 Å². The van der Waals surface area contributed by atoms with Crippen molar-refractivity contribution < 1.29 is 9.59 Å². The zero-order chi connectivity index (χ0) is 18.5. The summed E-state index contributed by atoms with van der Waals surface area (Å²) in [6, 6.07) is 21.2. The second-order valence-corrected chi connectivity index (χ2v) is 6.24. The maximum Gasteiger partial charge on any atom is 0.257 e.